The number of benzene rings is 1. The Morgan fingerprint density at radius 3 is 1.80 bits per heavy atom. The van der Waals surface area contributed by atoms with Crippen molar-refractivity contribution in [2.75, 3.05) is 7.11 Å². The van der Waals surface area contributed by atoms with Crippen LogP contribution in [-0.4, -0.2) is 12.1 Å². The average Bonchev–Trinajstić information content (AvgIpc) is 2.43. The van der Waals surface area contributed by atoms with Crippen molar-refractivity contribution in [3.05, 3.63) is 42.4 Å². The fraction of sp³-hybridized carbons (Fsp3) is 0.0833. The maximum Gasteiger partial charge on any atom is 0.232 e. The molecule has 0 atom stereocenters. The van der Waals surface area contributed by atoms with Crippen LogP contribution >= 0.6 is 69.6 Å². The highest BCUT2D eigenvalue weighted by Crippen LogP contribution is 2.48. The van der Waals surface area contributed by atoms with Gasteiger partial charge in [0.1, 0.15) is 5.02 Å². The molecule has 0 saturated carbocycles. The van der Waals surface area contributed by atoms with Gasteiger partial charge >= 0.3 is 0 Å². The molecular formula is C12H5Cl6NO. The zero-order valence-corrected chi connectivity index (χ0v) is 14.3. The van der Waals surface area contributed by atoms with Crippen molar-refractivity contribution >= 4 is 69.6 Å². The van der Waals surface area contributed by atoms with Gasteiger partial charge in [0, 0.05) is 17.3 Å². The lowest BCUT2D eigenvalue weighted by Gasteiger charge is -2.13. The molecule has 2 nitrogen and oxygen atoms in total. The van der Waals surface area contributed by atoms with E-state index in [4.69, 9.17) is 74.3 Å². The highest BCUT2D eigenvalue weighted by Gasteiger charge is 2.21. The van der Waals surface area contributed by atoms with Crippen LogP contribution in [-0.2, 0) is 0 Å². The maximum absolute atomic E-state index is 6.17. The predicted molar refractivity (Wildman–Crippen MR) is 86.3 cm³/mol. The molecule has 0 aliphatic heterocycles. The molecule has 0 N–H and O–H groups in total. The maximum atomic E-state index is 6.17. The second-order valence-electron chi connectivity index (χ2n) is 3.66. The third-order valence-corrected chi connectivity index (χ3v) is 5.05. The third kappa shape index (κ3) is 2.78. The topological polar surface area (TPSA) is 22.1 Å². The van der Waals surface area contributed by atoms with E-state index >= 15 is 0 Å². The Morgan fingerprint density at radius 1 is 0.850 bits per heavy atom. The van der Waals surface area contributed by atoms with E-state index in [0.29, 0.717) is 16.1 Å². The fourth-order valence-corrected chi connectivity index (χ4v) is 3.17. The summed E-state index contributed by atoms with van der Waals surface area (Å²) >= 11 is 36.4. The van der Waals surface area contributed by atoms with Crippen LogP contribution in [0.4, 0.5) is 0 Å². The molecule has 2 rings (SSSR count). The molecule has 0 aliphatic rings. The molecule has 0 bridgehead atoms. The van der Waals surface area contributed by atoms with E-state index in [1.807, 2.05) is 0 Å². The molecule has 106 valence electrons. The second kappa shape index (κ2) is 6.35. The first kappa shape index (κ1) is 16.3. The predicted octanol–water partition coefficient (Wildman–Crippen LogP) is 6.68. The third-order valence-electron chi connectivity index (χ3n) is 2.50. The van der Waals surface area contributed by atoms with E-state index in [0.717, 1.165) is 0 Å². The summed E-state index contributed by atoms with van der Waals surface area (Å²) in [6.07, 6.45) is 1.50. The minimum atomic E-state index is 0.0969. The van der Waals surface area contributed by atoms with Gasteiger partial charge in [0.25, 0.3) is 0 Å². The zero-order valence-electron chi connectivity index (χ0n) is 9.78. The van der Waals surface area contributed by atoms with Crippen molar-refractivity contribution in [3.8, 4) is 17.0 Å². The van der Waals surface area contributed by atoms with Crippen LogP contribution in [0.1, 0.15) is 0 Å². The van der Waals surface area contributed by atoms with Gasteiger partial charge in [-0.15, -0.1) is 0 Å². The summed E-state index contributed by atoms with van der Waals surface area (Å²) in [6.45, 7) is 0. The van der Waals surface area contributed by atoms with Crippen molar-refractivity contribution in [2.45, 2.75) is 0 Å². The number of hydrogen-bond donors (Lipinski definition) is 0. The van der Waals surface area contributed by atoms with Gasteiger partial charge in [0.05, 0.1) is 32.2 Å². The minimum absolute atomic E-state index is 0.0969. The lowest BCUT2D eigenvalue weighted by Crippen LogP contribution is -1.91. The fourth-order valence-electron chi connectivity index (χ4n) is 1.57. The Morgan fingerprint density at radius 2 is 1.35 bits per heavy atom. The quantitative estimate of drug-likeness (QED) is 0.421. The molecule has 0 fully saturated rings. The van der Waals surface area contributed by atoms with Crippen molar-refractivity contribution in [1.82, 2.24) is 4.98 Å². The number of rotatable bonds is 2. The van der Waals surface area contributed by atoms with Crippen LogP contribution in [0.2, 0.25) is 30.1 Å². The summed E-state index contributed by atoms with van der Waals surface area (Å²) in [6, 6.07) is 1.60. The number of pyridine rings is 1. The smallest absolute Gasteiger partial charge is 0.232 e. The molecule has 8 heteroatoms. The number of halogens is 6. The van der Waals surface area contributed by atoms with Crippen LogP contribution in [0.3, 0.4) is 0 Å². The number of ether oxygens (including phenoxy) is 1. The molecular weight excluding hydrogens is 387 g/mol. The van der Waals surface area contributed by atoms with Crippen molar-refractivity contribution in [2.24, 2.45) is 0 Å². The van der Waals surface area contributed by atoms with Crippen molar-refractivity contribution < 1.29 is 4.74 Å². The van der Waals surface area contributed by atoms with Gasteiger partial charge in [0.15, 0.2) is 0 Å². The molecule has 2 aromatic rings. The van der Waals surface area contributed by atoms with Gasteiger partial charge in [-0.05, 0) is 6.07 Å². The summed E-state index contributed by atoms with van der Waals surface area (Å²) in [5.74, 6) is 0.286. The van der Waals surface area contributed by atoms with Gasteiger partial charge in [-0.3, -0.25) is 0 Å². The molecule has 0 saturated heterocycles. The standard InChI is InChI=1S/C12H5Cl6NO/c1-20-12-5(13)2-4(3-19-12)6-7(14)9(16)11(18)10(17)8(6)15/h2-3H,1H3. The van der Waals surface area contributed by atoms with Gasteiger partial charge in [0.2, 0.25) is 5.88 Å². The highest BCUT2D eigenvalue weighted by molar-refractivity contribution is 6.56. The average molecular weight is 392 g/mol. The number of nitrogens with zero attached hydrogens (tertiary/aromatic N) is 1. The molecule has 20 heavy (non-hydrogen) atoms. The van der Waals surface area contributed by atoms with Gasteiger partial charge < -0.3 is 4.74 Å². The van der Waals surface area contributed by atoms with E-state index in [9.17, 15) is 0 Å². The first-order chi connectivity index (χ1) is 9.38. The van der Waals surface area contributed by atoms with Gasteiger partial charge in [-0.2, -0.15) is 0 Å². The van der Waals surface area contributed by atoms with Gasteiger partial charge in [-0.1, -0.05) is 69.6 Å². The molecule has 0 unspecified atom stereocenters. The molecule has 1 heterocycles. The second-order valence-corrected chi connectivity index (χ2v) is 5.96. The summed E-state index contributed by atoms with van der Waals surface area (Å²) in [7, 11) is 1.46. The Balaban J connectivity index is 2.73. The highest BCUT2D eigenvalue weighted by atomic mass is 35.5. The van der Waals surface area contributed by atoms with Crippen molar-refractivity contribution in [1.29, 1.82) is 0 Å². The van der Waals surface area contributed by atoms with Crippen molar-refractivity contribution in [3.63, 3.8) is 0 Å². The Labute approximate surface area is 145 Å². The summed E-state index contributed by atoms with van der Waals surface area (Å²) in [4.78, 5) is 4.05. The molecule has 0 radical (unpaired) electrons. The largest absolute Gasteiger partial charge is 0.480 e. The van der Waals surface area contributed by atoms with Crippen LogP contribution in [0, 0.1) is 0 Å². The Hall–Kier alpha value is -0.0900. The van der Waals surface area contributed by atoms with Crippen LogP contribution < -0.4 is 4.74 Å². The van der Waals surface area contributed by atoms with E-state index in [-0.39, 0.29) is 31.0 Å². The van der Waals surface area contributed by atoms with Crippen LogP contribution in [0.25, 0.3) is 11.1 Å². The molecule has 0 spiro atoms. The summed E-state index contributed by atoms with van der Waals surface area (Å²) in [5, 5.41) is 0.983. The van der Waals surface area contributed by atoms with Crippen LogP contribution in [0.15, 0.2) is 12.3 Å². The SMILES string of the molecule is COc1ncc(-c2c(Cl)c(Cl)c(Cl)c(Cl)c2Cl)cc1Cl. The zero-order chi connectivity index (χ0) is 15.0. The first-order valence-electron chi connectivity index (χ1n) is 5.09. The monoisotopic (exact) mass is 389 g/mol. The Kier molecular flexibility index (Phi) is 5.17. The molecule has 1 aromatic carbocycles. The van der Waals surface area contributed by atoms with Crippen LogP contribution in [0.5, 0.6) is 5.88 Å². The van der Waals surface area contributed by atoms with E-state index in [1.165, 1.54) is 13.3 Å². The first-order valence-corrected chi connectivity index (χ1v) is 7.36. The number of hydrogen-bond acceptors (Lipinski definition) is 2. The number of methoxy groups -OCH3 is 1. The lowest BCUT2D eigenvalue weighted by atomic mass is 10.1. The van der Waals surface area contributed by atoms with E-state index in [1.54, 1.807) is 6.07 Å². The normalized spacial score (nSPS) is 10.8. The number of aromatic nitrogens is 1. The Bertz CT molecular complexity index is 659. The summed E-state index contributed by atoms with van der Waals surface area (Å²) < 4.78 is 4.98. The molecule has 1 aromatic heterocycles. The lowest BCUT2D eigenvalue weighted by molar-refractivity contribution is 0.398. The van der Waals surface area contributed by atoms with Gasteiger partial charge in [-0.25, -0.2) is 4.98 Å². The van der Waals surface area contributed by atoms with E-state index in [2.05, 4.69) is 4.98 Å². The molecule has 0 aliphatic carbocycles. The minimum Gasteiger partial charge on any atom is -0.480 e. The summed E-state index contributed by atoms with van der Waals surface area (Å²) in [5.41, 5.74) is 0.955. The van der Waals surface area contributed by atoms with E-state index < -0.39 is 0 Å². The molecule has 0 amide bonds.